The van der Waals surface area contributed by atoms with Crippen LogP contribution in [-0.2, 0) is 13.2 Å². The van der Waals surface area contributed by atoms with Crippen molar-refractivity contribution in [2.24, 2.45) is 0 Å². The molecule has 5 aromatic rings. The third kappa shape index (κ3) is 4.99. The fourth-order valence-electron chi connectivity index (χ4n) is 4.36. The maximum atomic E-state index is 5.85. The molecule has 0 radical (unpaired) electrons. The van der Waals surface area contributed by atoms with Gasteiger partial charge in [0.2, 0.25) is 0 Å². The predicted octanol–water partition coefficient (Wildman–Crippen LogP) is 6.01. The van der Waals surface area contributed by atoms with Crippen molar-refractivity contribution in [3.05, 3.63) is 76.5 Å². The molecule has 1 heterocycles. The number of ether oxygens (including phenoxy) is 5. The quantitative estimate of drug-likeness (QED) is 0.203. The van der Waals surface area contributed by atoms with E-state index in [1.165, 1.54) is 0 Å². The van der Waals surface area contributed by atoms with Crippen molar-refractivity contribution in [1.29, 1.82) is 0 Å². The molecule has 0 aliphatic carbocycles. The van der Waals surface area contributed by atoms with Gasteiger partial charge < -0.3 is 23.7 Å². The second-order valence-electron chi connectivity index (χ2n) is 8.37. The van der Waals surface area contributed by atoms with Crippen LogP contribution in [0.4, 0.5) is 0 Å². The summed E-state index contributed by atoms with van der Waals surface area (Å²) in [5, 5.41) is 12.7. The summed E-state index contributed by atoms with van der Waals surface area (Å²) in [6, 6.07) is 17.8. The van der Waals surface area contributed by atoms with Crippen molar-refractivity contribution in [2.45, 2.75) is 13.2 Å². The summed E-state index contributed by atoms with van der Waals surface area (Å²) in [6.07, 6.45) is 1.89. The van der Waals surface area contributed by atoms with Crippen LogP contribution in [0, 0.1) is 0 Å². The number of hydrogen-bond donors (Lipinski definition) is 0. The number of hydrogen-bond acceptors (Lipinski definition) is 7. The highest BCUT2D eigenvalue weighted by Crippen LogP contribution is 2.41. The Labute approximate surface area is 222 Å². The van der Waals surface area contributed by atoms with Crippen LogP contribution >= 0.6 is 15.9 Å². The van der Waals surface area contributed by atoms with Crippen molar-refractivity contribution in [3.8, 4) is 28.7 Å². The van der Waals surface area contributed by atoms with Crippen molar-refractivity contribution in [1.82, 2.24) is 15.0 Å². The van der Waals surface area contributed by atoms with Crippen molar-refractivity contribution in [2.75, 3.05) is 28.4 Å². The average molecular weight is 564 g/mol. The summed E-state index contributed by atoms with van der Waals surface area (Å²) in [5.41, 5.74) is 1.78. The lowest BCUT2D eigenvalue weighted by Crippen LogP contribution is -2.02. The fraction of sp³-hybridized carbons (Fsp3) is 0.214. The summed E-state index contributed by atoms with van der Waals surface area (Å²) in [4.78, 5) is 0. The molecule has 0 amide bonds. The van der Waals surface area contributed by atoms with Crippen LogP contribution in [0.25, 0.3) is 21.5 Å². The number of aromatic nitrogens is 3. The molecule has 0 aliphatic rings. The van der Waals surface area contributed by atoms with Gasteiger partial charge in [0.25, 0.3) is 0 Å². The largest absolute Gasteiger partial charge is 0.493 e. The van der Waals surface area contributed by atoms with E-state index in [0.717, 1.165) is 43.0 Å². The highest BCUT2D eigenvalue weighted by Gasteiger charge is 2.16. The Balaban J connectivity index is 1.54. The standard InChI is InChI=1S/C28H26BrN3O5/c1-33-25-10-17-9-18(14-32-15-20(30-31-32)16-37-21-7-5-19(29)6-8-21)23-12-27(35-3)28(36-4)13-24(23)22(17)11-26(25)34-2/h5-13,15H,14,16H2,1-4H3. The summed E-state index contributed by atoms with van der Waals surface area (Å²) in [5.74, 6) is 3.39. The van der Waals surface area contributed by atoms with Gasteiger partial charge in [-0.1, -0.05) is 21.1 Å². The number of methoxy groups -OCH3 is 4. The van der Waals surface area contributed by atoms with Crippen LogP contribution in [0.3, 0.4) is 0 Å². The monoisotopic (exact) mass is 563 g/mol. The van der Waals surface area contributed by atoms with E-state index in [0.29, 0.717) is 36.1 Å². The molecule has 0 spiro atoms. The second kappa shape index (κ2) is 10.6. The molecule has 5 rings (SSSR count). The lowest BCUT2D eigenvalue weighted by molar-refractivity contribution is 0.301. The first-order chi connectivity index (χ1) is 18.0. The topological polar surface area (TPSA) is 76.9 Å². The Kier molecular flexibility index (Phi) is 7.05. The molecule has 37 heavy (non-hydrogen) atoms. The molecule has 0 aliphatic heterocycles. The van der Waals surface area contributed by atoms with E-state index in [-0.39, 0.29) is 0 Å². The maximum Gasteiger partial charge on any atom is 0.161 e. The van der Waals surface area contributed by atoms with Crippen LogP contribution in [0.15, 0.2) is 65.3 Å². The summed E-state index contributed by atoms with van der Waals surface area (Å²) >= 11 is 3.43. The van der Waals surface area contributed by atoms with E-state index in [4.69, 9.17) is 23.7 Å². The molecule has 1 aromatic heterocycles. The highest BCUT2D eigenvalue weighted by molar-refractivity contribution is 9.10. The first-order valence-electron chi connectivity index (χ1n) is 11.5. The average Bonchev–Trinajstić information content (AvgIpc) is 3.38. The van der Waals surface area contributed by atoms with Crippen LogP contribution in [0.5, 0.6) is 28.7 Å². The van der Waals surface area contributed by atoms with E-state index in [1.54, 1.807) is 33.1 Å². The van der Waals surface area contributed by atoms with E-state index >= 15 is 0 Å². The molecular formula is C28H26BrN3O5. The molecule has 0 fully saturated rings. The van der Waals surface area contributed by atoms with Crippen LogP contribution in [0.1, 0.15) is 11.3 Å². The Hall–Kier alpha value is -3.98. The highest BCUT2D eigenvalue weighted by atomic mass is 79.9. The molecule has 190 valence electrons. The molecule has 0 saturated heterocycles. The minimum atomic E-state index is 0.322. The van der Waals surface area contributed by atoms with Gasteiger partial charge in [-0.15, -0.1) is 5.10 Å². The molecule has 9 heteroatoms. The minimum absolute atomic E-state index is 0.322. The Morgan fingerprint density at radius 3 is 1.97 bits per heavy atom. The van der Waals surface area contributed by atoms with Crippen LogP contribution in [-0.4, -0.2) is 43.4 Å². The molecule has 0 atom stereocenters. The zero-order valence-electron chi connectivity index (χ0n) is 20.9. The number of benzene rings is 4. The van der Waals surface area contributed by atoms with E-state index < -0.39 is 0 Å². The van der Waals surface area contributed by atoms with Gasteiger partial charge in [-0.3, -0.25) is 0 Å². The lowest BCUT2D eigenvalue weighted by Gasteiger charge is -2.16. The Morgan fingerprint density at radius 2 is 1.32 bits per heavy atom. The molecule has 0 N–H and O–H groups in total. The summed E-state index contributed by atoms with van der Waals surface area (Å²) in [6.45, 7) is 0.823. The number of fused-ring (bicyclic) bond motifs is 3. The molecule has 4 aromatic carbocycles. The van der Waals surface area contributed by atoms with Crippen LogP contribution < -0.4 is 23.7 Å². The van der Waals surface area contributed by atoms with Gasteiger partial charge in [-0.2, -0.15) is 0 Å². The molecule has 0 bridgehead atoms. The second-order valence-corrected chi connectivity index (χ2v) is 9.28. The maximum absolute atomic E-state index is 5.85. The molecule has 0 unspecified atom stereocenters. The molecule has 0 saturated carbocycles. The van der Waals surface area contributed by atoms with Gasteiger partial charge in [-0.25, -0.2) is 4.68 Å². The van der Waals surface area contributed by atoms with E-state index in [2.05, 4.69) is 32.3 Å². The zero-order chi connectivity index (χ0) is 25.9. The van der Waals surface area contributed by atoms with E-state index in [9.17, 15) is 0 Å². The molecular weight excluding hydrogens is 538 g/mol. The third-order valence-electron chi connectivity index (χ3n) is 6.16. The smallest absolute Gasteiger partial charge is 0.161 e. The van der Waals surface area contributed by atoms with Gasteiger partial charge in [-0.05, 0) is 81.7 Å². The Morgan fingerprint density at radius 1 is 0.730 bits per heavy atom. The first kappa shape index (κ1) is 24.7. The Bertz CT molecular complexity index is 1570. The molecule has 8 nitrogen and oxygen atoms in total. The van der Waals surface area contributed by atoms with Gasteiger partial charge in [0, 0.05) is 4.47 Å². The normalized spacial score (nSPS) is 11.1. The van der Waals surface area contributed by atoms with Gasteiger partial charge >= 0.3 is 0 Å². The summed E-state index contributed by atoms with van der Waals surface area (Å²) in [7, 11) is 6.53. The third-order valence-corrected chi connectivity index (χ3v) is 6.69. The lowest BCUT2D eigenvalue weighted by atomic mass is 9.96. The fourth-order valence-corrected chi connectivity index (χ4v) is 4.62. The van der Waals surface area contributed by atoms with Crippen molar-refractivity contribution >= 4 is 37.5 Å². The summed E-state index contributed by atoms with van der Waals surface area (Å²) < 4.78 is 31.0. The minimum Gasteiger partial charge on any atom is -0.493 e. The SMILES string of the molecule is COc1cc2cc(Cn3cc(COc4ccc(Br)cc4)nn3)c3cc(OC)c(OC)cc3c2cc1OC. The van der Waals surface area contributed by atoms with Gasteiger partial charge in [0.1, 0.15) is 18.1 Å². The van der Waals surface area contributed by atoms with Crippen molar-refractivity contribution in [3.63, 3.8) is 0 Å². The number of rotatable bonds is 9. The van der Waals surface area contributed by atoms with E-state index in [1.807, 2.05) is 54.7 Å². The predicted molar refractivity (Wildman–Crippen MR) is 145 cm³/mol. The van der Waals surface area contributed by atoms with Gasteiger partial charge in [0.05, 0.1) is 41.2 Å². The van der Waals surface area contributed by atoms with Gasteiger partial charge in [0.15, 0.2) is 23.0 Å². The van der Waals surface area contributed by atoms with Crippen LogP contribution in [0.2, 0.25) is 0 Å². The van der Waals surface area contributed by atoms with Crippen molar-refractivity contribution < 1.29 is 23.7 Å². The number of nitrogens with zero attached hydrogens (tertiary/aromatic N) is 3. The first-order valence-corrected chi connectivity index (χ1v) is 12.3. The zero-order valence-corrected chi connectivity index (χ0v) is 22.5. The number of halogens is 1.